The second-order valence-electron chi connectivity index (χ2n) is 6.51. The topological polar surface area (TPSA) is 42.5 Å². The smallest absolute Gasteiger partial charge is 0.162 e. The van der Waals surface area contributed by atoms with Crippen LogP contribution in [-0.4, -0.2) is 20.2 Å². The van der Waals surface area contributed by atoms with Crippen molar-refractivity contribution < 1.29 is 14.0 Å². The van der Waals surface area contributed by atoms with Gasteiger partial charge in [0.05, 0.1) is 12.3 Å². The number of benzene rings is 2. The van der Waals surface area contributed by atoms with E-state index in [1.54, 1.807) is 12.1 Å². The molecule has 2 aromatic carbocycles. The van der Waals surface area contributed by atoms with Crippen molar-refractivity contribution in [2.45, 2.75) is 18.4 Å². The Morgan fingerprint density at radius 2 is 2.04 bits per heavy atom. The van der Waals surface area contributed by atoms with E-state index in [-0.39, 0.29) is 5.82 Å². The van der Waals surface area contributed by atoms with Gasteiger partial charge in [0.1, 0.15) is 11.6 Å². The van der Waals surface area contributed by atoms with E-state index in [9.17, 15) is 4.39 Å². The van der Waals surface area contributed by atoms with Crippen LogP contribution in [0.2, 0.25) is 0 Å². The van der Waals surface area contributed by atoms with E-state index in [0.717, 1.165) is 52.0 Å². The number of hydrogen-bond acceptors (Lipinski definition) is 4. The summed E-state index contributed by atoms with van der Waals surface area (Å²) in [5, 5.41) is 3.10. The molecule has 0 spiro atoms. The molecule has 1 aliphatic carbocycles. The van der Waals surface area contributed by atoms with Crippen LogP contribution in [0.3, 0.4) is 0 Å². The largest absolute Gasteiger partial charge is 0.477 e. The SMILES string of the molecule is CNCCCONC1=C2CC2(c2ccc(F)cc2)Oc2cc(Br)ccc21. The van der Waals surface area contributed by atoms with Crippen LogP contribution in [-0.2, 0) is 10.4 Å². The lowest BCUT2D eigenvalue weighted by molar-refractivity contribution is 0.0748. The predicted octanol–water partition coefficient (Wildman–Crippen LogP) is 4.12. The molecule has 1 saturated carbocycles. The lowest BCUT2D eigenvalue weighted by Crippen LogP contribution is -2.25. The maximum atomic E-state index is 13.3. The second kappa shape index (κ2) is 7.02. The van der Waals surface area contributed by atoms with E-state index in [4.69, 9.17) is 9.57 Å². The normalized spacial score (nSPS) is 20.3. The molecule has 2 N–H and O–H groups in total. The molecular formula is C20H20BrFN2O2. The van der Waals surface area contributed by atoms with Crippen molar-refractivity contribution in [3.8, 4) is 5.75 Å². The molecule has 4 rings (SSSR count). The summed E-state index contributed by atoms with van der Waals surface area (Å²) < 4.78 is 20.6. The Hall–Kier alpha value is -1.89. The van der Waals surface area contributed by atoms with Gasteiger partial charge in [-0.1, -0.05) is 28.1 Å². The van der Waals surface area contributed by atoms with Gasteiger partial charge in [0.15, 0.2) is 5.60 Å². The van der Waals surface area contributed by atoms with E-state index in [1.807, 2.05) is 25.2 Å². The number of nitrogens with one attached hydrogen (secondary N) is 2. The van der Waals surface area contributed by atoms with Gasteiger partial charge in [-0.05, 0) is 50.3 Å². The Morgan fingerprint density at radius 3 is 2.81 bits per heavy atom. The third-order valence-corrected chi connectivity index (χ3v) is 5.24. The number of rotatable bonds is 7. The zero-order valence-corrected chi connectivity index (χ0v) is 16.0. The van der Waals surface area contributed by atoms with Crippen LogP contribution in [0.5, 0.6) is 5.75 Å². The van der Waals surface area contributed by atoms with Crippen molar-refractivity contribution in [2.24, 2.45) is 0 Å². The van der Waals surface area contributed by atoms with Gasteiger partial charge in [-0.25, -0.2) is 4.39 Å². The first-order valence-electron chi connectivity index (χ1n) is 8.65. The van der Waals surface area contributed by atoms with Gasteiger partial charge in [0, 0.05) is 27.6 Å². The number of fused-ring (bicyclic) bond motifs is 2. The van der Waals surface area contributed by atoms with E-state index >= 15 is 0 Å². The third-order valence-electron chi connectivity index (χ3n) is 4.75. The Morgan fingerprint density at radius 1 is 1.23 bits per heavy atom. The summed E-state index contributed by atoms with van der Waals surface area (Å²) in [6.07, 6.45) is 1.67. The van der Waals surface area contributed by atoms with Crippen molar-refractivity contribution in [2.75, 3.05) is 20.2 Å². The lowest BCUT2D eigenvalue weighted by atomic mass is 10.0. The molecule has 6 heteroatoms. The first kappa shape index (κ1) is 17.5. The summed E-state index contributed by atoms with van der Waals surface area (Å²) in [4.78, 5) is 5.68. The van der Waals surface area contributed by atoms with E-state index < -0.39 is 5.60 Å². The summed E-state index contributed by atoms with van der Waals surface area (Å²) in [5.74, 6) is 0.535. The molecule has 2 aromatic rings. The van der Waals surface area contributed by atoms with Crippen LogP contribution in [0.1, 0.15) is 24.0 Å². The highest BCUT2D eigenvalue weighted by Gasteiger charge is 2.58. The molecule has 1 unspecified atom stereocenters. The summed E-state index contributed by atoms with van der Waals surface area (Å²) in [6.45, 7) is 1.51. The first-order chi connectivity index (χ1) is 12.6. The van der Waals surface area contributed by atoms with Crippen molar-refractivity contribution in [3.05, 3.63) is 69.5 Å². The fraction of sp³-hybridized carbons (Fsp3) is 0.300. The summed E-state index contributed by atoms with van der Waals surface area (Å²) in [6, 6.07) is 12.5. The minimum Gasteiger partial charge on any atom is -0.477 e. The van der Waals surface area contributed by atoms with Crippen LogP contribution >= 0.6 is 15.9 Å². The first-order valence-corrected chi connectivity index (χ1v) is 9.44. The van der Waals surface area contributed by atoms with Gasteiger partial charge < -0.3 is 10.1 Å². The zero-order valence-electron chi connectivity index (χ0n) is 14.4. The number of ether oxygens (including phenoxy) is 1. The van der Waals surface area contributed by atoms with Crippen molar-refractivity contribution in [3.63, 3.8) is 0 Å². The molecule has 2 aliphatic rings. The third kappa shape index (κ3) is 3.13. The maximum absolute atomic E-state index is 13.3. The van der Waals surface area contributed by atoms with Crippen molar-refractivity contribution in [1.29, 1.82) is 0 Å². The molecule has 1 atom stereocenters. The fourth-order valence-electron chi connectivity index (χ4n) is 3.35. The Labute approximate surface area is 160 Å². The Kier molecular flexibility index (Phi) is 4.73. The molecule has 1 heterocycles. The van der Waals surface area contributed by atoms with Gasteiger partial charge >= 0.3 is 0 Å². The zero-order chi connectivity index (χ0) is 18.1. The van der Waals surface area contributed by atoms with Crippen LogP contribution in [0.25, 0.3) is 5.70 Å². The molecular weight excluding hydrogens is 399 g/mol. The Balaban J connectivity index is 1.65. The molecule has 26 heavy (non-hydrogen) atoms. The minimum absolute atomic E-state index is 0.249. The van der Waals surface area contributed by atoms with Crippen molar-refractivity contribution >= 4 is 21.6 Å². The lowest BCUT2D eigenvalue weighted by Gasteiger charge is -2.26. The number of hydroxylamine groups is 1. The van der Waals surface area contributed by atoms with Crippen LogP contribution in [0.15, 0.2) is 52.5 Å². The molecule has 136 valence electrons. The average Bonchev–Trinajstić information content (AvgIpc) is 3.36. The van der Waals surface area contributed by atoms with Gasteiger partial charge in [0.2, 0.25) is 0 Å². The highest BCUT2D eigenvalue weighted by molar-refractivity contribution is 9.10. The van der Waals surface area contributed by atoms with Gasteiger partial charge in [-0.3, -0.25) is 10.3 Å². The van der Waals surface area contributed by atoms with E-state index in [1.165, 1.54) is 12.1 Å². The molecule has 1 aliphatic heterocycles. The molecule has 4 nitrogen and oxygen atoms in total. The van der Waals surface area contributed by atoms with Crippen molar-refractivity contribution in [1.82, 2.24) is 10.8 Å². The molecule has 0 aromatic heterocycles. The number of hydrogen-bond donors (Lipinski definition) is 2. The fourth-order valence-corrected chi connectivity index (χ4v) is 3.69. The number of halogens is 2. The molecule has 0 bridgehead atoms. The predicted molar refractivity (Wildman–Crippen MR) is 102 cm³/mol. The highest BCUT2D eigenvalue weighted by atomic mass is 79.9. The summed E-state index contributed by atoms with van der Waals surface area (Å²) >= 11 is 3.50. The van der Waals surface area contributed by atoms with Crippen LogP contribution in [0.4, 0.5) is 4.39 Å². The standard InChI is InChI=1S/C20H20BrFN2O2/c1-23-9-2-10-25-24-19-16-8-5-14(21)11-18(16)26-20(12-17(19)20)13-3-6-15(22)7-4-13/h3-8,11,23-24H,2,9-10,12H2,1H3. The summed E-state index contributed by atoms with van der Waals surface area (Å²) in [7, 11) is 1.92. The molecule has 0 saturated heterocycles. The van der Waals surface area contributed by atoms with Gasteiger partial charge in [-0.15, -0.1) is 0 Å². The van der Waals surface area contributed by atoms with Gasteiger partial charge in [0.25, 0.3) is 0 Å². The Bertz CT molecular complexity index is 853. The van der Waals surface area contributed by atoms with Crippen LogP contribution in [0, 0.1) is 5.82 Å². The van der Waals surface area contributed by atoms with E-state index in [2.05, 4.69) is 26.7 Å². The minimum atomic E-state index is -0.530. The summed E-state index contributed by atoms with van der Waals surface area (Å²) in [5.41, 5.74) is 6.62. The average molecular weight is 419 g/mol. The molecule has 1 fully saturated rings. The highest BCUT2D eigenvalue weighted by Crippen LogP contribution is 2.61. The van der Waals surface area contributed by atoms with Crippen LogP contribution < -0.4 is 15.5 Å². The van der Waals surface area contributed by atoms with Gasteiger partial charge in [-0.2, -0.15) is 0 Å². The molecule has 0 amide bonds. The maximum Gasteiger partial charge on any atom is 0.162 e. The van der Waals surface area contributed by atoms with E-state index in [0.29, 0.717) is 6.61 Å². The monoisotopic (exact) mass is 418 g/mol. The quantitative estimate of drug-likeness (QED) is 0.524. The molecule has 0 radical (unpaired) electrons. The second-order valence-corrected chi connectivity index (χ2v) is 7.43.